The molecule has 0 spiro atoms. The fraction of sp³-hybridized carbons (Fsp3) is 0. The van der Waals surface area contributed by atoms with E-state index in [0.717, 1.165) is 34.1 Å². The van der Waals surface area contributed by atoms with Crippen LogP contribution in [0.3, 0.4) is 0 Å². The minimum Gasteiger partial charge on any atom is -0.310 e. The lowest BCUT2D eigenvalue weighted by atomic mass is 9.95. The van der Waals surface area contributed by atoms with Crippen molar-refractivity contribution >= 4 is 55.7 Å². The summed E-state index contributed by atoms with van der Waals surface area (Å²) in [7, 11) is 0. The molecule has 0 radical (unpaired) electrons. The summed E-state index contributed by atoms with van der Waals surface area (Å²) in [4.78, 5) is 4.74. The van der Waals surface area contributed by atoms with Gasteiger partial charge in [0, 0.05) is 34.0 Å². The van der Waals surface area contributed by atoms with Gasteiger partial charge in [-0.15, -0.1) is 0 Å². The number of nitrogens with zero attached hydrogens (tertiary/aromatic N) is 2. The smallest absolute Gasteiger partial charge is 0.0546 e. The Bertz CT molecular complexity index is 2610. The van der Waals surface area contributed by atoms with Gasteiger partial charge in [-0.2, -0.15) is 0 Å². The molecule has 0 aliphatic rings. The van der Waals surface area contributed by atoms with E-state index in [0.29, 0.717) is 0 Å². The van der Waals surface area contributed by atoms with Gasteiger partial charge in [0.25, 0.3) is 0 Å². The highest BCUT2D eigenvalue weighted by Gasteiger charge is 2.21. The Hall–Kier alpha value is -6.90. The summed E-state index contributed by atoms with van der Waals surface area (Å²) in [5, 5.41) is 4.87. The van der Waals surface area contributed by atoms with Crippen LogP contribution in [0.15, 0.2) is 218 Å². The third kappa shape index (κ3) is 6.08. The maximum absolute atomic E-state index is 2.40. The van der Waals surface area contributed by atoms with Crippen LogP contribution in [0.2, 0.25) is 0 Å². The SMILES string of the molecule is c1ccc(-c2ccc(N(c3ccccc3)c3cccc(N(c4ccccc4)c4cc5ccccc5cc4-c4ccc5ccccc5c4)c3)cc2)cc1. The van der Waals surface area contributed by atoms with E-state index < -0.39 is 0 Å². The maximum Gasteiger partial charge on any atom is 0.0546 e. The molecule has 0 heterocycles. The molecule has 0 unspecified atom stereocenters. The van der Waals surface area contributed by atoms with Gasteiger partial charge in [0.05, 0.1) is 5.69 Å². The second-order valence-corrected chi connectivity index (χ2v) is 13.1. The third-order valence-electron chi connectivity index (χ3n) is 9.77. The first kappa shape index (κ1) is 31.1. The zero-order valence-corrected chi connectivity index (χ0v) is 28.7. The molecule has 52 heavy (non-hydrogen) atoms. The van der Waals surface area contributed by atoms with Gasteiger partial charge in [-0.05, 0) is 111 Å². The Morgan fingerprint density at radius 3 is 1.33 bits per heavy atom. The average Bonchev–Trinajstić information content (AvgIpc) is 3.22. The van der Waals surface area contributed by atoms with E-state index in [1.807, 2.05) is 0 Å². The fourth-order valence-corrected chi connectivity index (χ4v) is 7.23. The quantitative estimate of drug-likeness (QED) is 0.159. The van der Waals surface area contributed by atoms with Crippen molar-refractivity contribution in [2.75, 3.05) is 9.80 Å². The van der Waals surface area contributed by atoms with E-state index in [9.17, 15) is 0 Å². The van der Waals surface area contributed by atoms with E-state index in [4.69, 9.17) is 0 Å². The van der Waals surface area contributed by atoms with E-state index in [1.54, 1.807) is 0 Å². The molecule has 0 bridgehead atoms. The van der Waals surface area contributed by atoms with Crippen LogP contribution in [0.5, 0.6) is 0 Å². The number of para-hydroxylation sites is 2. The van der Waals surface area contributed by atoms with Crippen molar-refractivity contribution in [1.29, 1.82) is 0 Å². The second-order valence-electron chi connectivity index (χ2n) is 13.1. The number of anilines is 6. The maximum atomic E-state index is 2.40. The zero-order chi connectivity index (χ0) is 34.7. The molecule has 0 saturated heterocycles. The number of hydrogen-bond donors (Lipinski definition) is 0. The van der Waals surface area contributed by atoms with Gasteiger partial charge >= 0.3 is 0 Å². The Kier molecular flexibility index (Phi) is 8.24. The first-order chi connectivity index (χ1) is 25.8. The molecule has 0 saturated carbocycles. The molecule has 0 amide bonds. The highest BCUT2D eigenvalue weighted by atomic mass is 15.2. The van der Waals surface area contributed by atoms with Crippen molar-refractivity contribution in [1.82, 2.24) is 0 Å². The van der Waals surface area contributed by atoms with Crippen LogP contribution in [0.1, 0.15) is 0 Å². The molecule has 0 fully saturated rings. The van der Waals surface area contributed by atoms with Crippen molar-refractivity contribution in [2.24, 2.45) is 0 Å². The van der Waals surface area contributed by atoms with Crippen molar-refractivity contribution in [3.8, 4) is 22.3 Å². The molecule has 0 N–H and O–H groups in total. The number of fused-ring (bicyclic) bond motifs is 2. The van der Waals surface area contributed by atoms with Crippen molar-refractivity contribution < 1.29 is 0 Å². The van der Waals surface area contributed by atoms with Crippen LogP contribution in [0, 0.1) is 0 Å². The first-order valence-electron chi connectivity index (χ1n) is 17.8. The highest BCUT2D eigenvalue weighted by molar-refractivity contribution is 6.00. The summed E-state index contributed by atoms with van der Waals surface area (Å²) in [6.45, 7) is 0. The highest BCUT2D eigenvalue weighted by Crippen LogP contribution is 2.45. The normalized spacial score (nSPS) is 11.1. The Labute approximate surface area is 305 Å². The van der Waals surface area contributed by atoms with Crippen LogP contribution in [-0.2, 0) is 0 Å². The van der Waals surface area contributed by atoms with Crippen molar-refractivity contribution in [3.63, 3.8) is 0 Å². The third-order valence-corrected chi connectivity index (χ3v) is 9.77. The molecular weight excluding hydrogens is 629 g/mol. The number of hydrogen-bond acceptors (Lipinski definition) is 2. The molecule has 2 nitrogen and oxygen atoms in total. The summed E-state index contributed by atoms with van der Waals surface area (Å²) in [6, 6.07) is 78.4. The summed E-state index contributed by atoms with van der Waals surface area (Å²) in [5.74, 6) is 0. The van der Waals surface area contributed by atoms with Gasteiger partial charge in [-0.3, -0.25) is 0 Å². The largest absolute Gasteiger partial charge is 0.310 e. The lowest BCUT2D eigenvalue weighted by Gasteiger charge is -2.31. The van der Waals surface area contributed by atoms with Crippen molar-refractivity contribution in [3.05, 3.63) is 218 Å². The van der Waals surface area contributed by atoms with E-state index in [-0.39, 0.29) is 0 Å². The van der Waals surface area contributed by atoms with Gasteiger partial charge in [-0.25, -0.2) is 0 Å². The van der Waals surface area contributed by atoms with Crippen molar-refractivity contribution in [2.45, 2.75) is 0 Å². The molecule has 246 valence electrons. The Morgan fingerprint density at radius 1 is 0.231 bits per heavy atom. The molecule has 2 heteroatoms. The van der Waals surface area contributed by atoms with Crippen LogP contribution in [0.4, 0.5) is 34.1 Å². The molecule has 9 aromatic rings. The van der Waals surface area contributed by atoms with Gasteiger partial charge in [0.15, 0.2) is 0 Å². The van der Waals surface area contributed by atoms with E-state index in [2.05, 4.69) is 228 Å². The minimum absolute atomic E-state index is 1.07. The number of rotatable bonds is 8. The molecular formula is C50H36N2. The average molecular weight is 665 g/mol. The number of benzene rings is 9. The molecule has 9 aromatic carbocycles. The second kappa shape index (κ2) is 13.8. The lowest BCUT2D eigenvalue weighted by molar-refractivity contribution is 1.25. The van der Waals surface area contributed by atoms with Gasteiger partial charge < -0.3 is 9.80 Å². The fourth-order valence-electron chi connectivity index (χ4n) is 7.23. The van der Waals surface area contributed by atoms with Crippen LogP contribution in [0.25, 0.3) is 43.8 Å². The molecule has 0 atom stereocenters. The standard InChI is InChI=1S/C50H36N2/c1-4-15-37(16-5-1)39-29-31-46(32-30-39)51(44-21-6-2-7-22-44)47-25-14-26-48(36-47)52(45-23-8-3-9-24-45)50-35-42-20-13-12-19-41(42)34-49(50)43-28-27-38-17-10-11-18-40(38)33-43/h1-36H. The molecule has 9 rings (SSSR count). The van der Waals surface area contributed by atoms with E-state index >= 15 is 0 Å². The summed E-state index contributed by atoms with van der Waals surface area (Å²) in [6.07, 6.45) is 0. The van der Waals surface area contributed by atoms with Crippen LogP contribution >= 0.6 is 0 Å². The van der Waals surface area contributed by atoms with Crippen LogP contribution in [-0.4, -0.2) is 0 Å². The first-order valence-corrected chi connectivity index (χ1v) is 17.8. The summed E-state index contributed by atoms with van der Waals surface area (Å²) >= 11 is 0. The predicted molar refractivity (Wildman–Crippen MR) is 222 cm³/mol. The van der Waals surface area contributed by atoms with Gasteiger partial charge in [-0.1, -0.05) is 146 Å². The zero-order valence-electron chi connectivity index (χ0n) is 28.7. The lowest BCUT2D eigenvalue weighted by Crippen LogP contribution is -2.14. The van der Waals surface area contributed by atoms with Crippen LogP contribution < -0.4 is 9.80 Å². The van der Waals surface area contributed by atoms with E-state index in [1.165, 1.54) is 43.8 Å². The Morgan fingerprint density at radius 2 is 0.673 bits per heavy atom. The van der Waals surface area contributed by atoms with Gasteiger partial charge in [0.1, 0.15) is 0 Å². The Balaban J connectivity index is 1.23. The minimum atomic E-state index is 1.07. The molecule has 0 aromatic heterocycles. The topological polar surface area (TPSA) is 6.48 Å². The summed E-state index contributed by atoms with van der Waals surface area (Å²) in [5.41, 5.74) is 11.3. The van der Waals surface area contributed by atoms with Gasteiger partial charge in [0.2, 0.25) is 0 Å². The molecule has 0 aliphatic heterocycles. The predicted octanol–water partition coefficient (Wildman–Crippen LogP) is 14.3. The monoisotopic (exact) mass is 664 g/mol. The summed E-state index contributed by atoms with van der Waals surface area (Å²) < 4.78 is 0. The molecule has 0 aliphatic carbocycles.